The van der Waals surface area contributed by atoms with Crippen LogP contribution in [0.15, 0.2) is 59.1 Å². The van der Waals surface area contributed by atoms with Crippen LogP contribution in [0.2, 0.25) is 0 Å². The Hall–Kier alpha value is -4.39. The van der Waals surface area contributed by atoms with Gasteiger partial charge in [-0.3, -0.25) is 19.8 Å². The second-order valence-corrected chi connectivity index (χ2v) is 7.82. The molecule has 2 N–H and O–H groups in total. The highest BCUT2D eigenvalue weighted by Crippen LogP contribution is 2.49. The number of methoxy groups -OCH3 is 2. The van der Waals surface area contributed by atoms with E-state index in [4.69, 9.17) is 15.2 Å². The van der Waals surface area contributed by atoms with E-state index in [0.717, 1.165) is 12.1 Å². The van der Waals surface area contributed by atoms with Crippen LogP contribution in [0.1, 0.15) is 30.7 Å². The van der Waals surface area contributed by atoms with Crippen LogP contribution in [0, 0.1) is 27.3 Å². The monoisotopic (exact) mass is 464 g/mol. The maximum Gasteiger partial charge on any atom is 0.306 e. The molecule has 2 aromatic rings. The molecule has 0 fully saturated rings. The predicted molar refractivity (Wildman–Crippen MR) is 121 cm³/mol. The van der Waals surface area contributed by atoms with Gasteiger partial charge in [0.15, 0.2) is 5.78 Å². The van der Waals surface area contributed by atoms with Gasteiger partial charge in [-0.2, -0.15) is 9.65 Å². The van der Waals surface area contributed by atoms with E-state index in [-0.39, 0.29) is 29.3 Å². The zero-order valence-electron chi connectivity index (χ0n) is 18.5. The molecule has 9 nitrogen and oxygen atoms in total. The maximum atomic E-state index is 14.0. The lowest BCUT2D eigenvalue weighted by Gasteiger charge is -2.39. The molecule has 0 saturated carbocycles. The number of benzene rings is 2. The summed E-state index contributed by atoms with van der Waals surface area (Å²) >= 11 is 0. The number of nitrogens with two attached hydrogens (primary N) is 1. The molecule has 4 rings (SSSR count). The van der Waals surface area contributed by atoms with Gasteiger partial charge in [-0.05, 0) is 43.2 Å². The first-order valence-electron chi connectivity index (χ1n) is 10.4. The minimum atomic E-state index is -0.998. The topological polar surface area (TPSA) is 132 Å². The number of carbonyl (C=O) groups is 1. The molecule has 2 aromatic carbocycles. The Kier molecular flexibility index (Phi) is 5.94. The van der Waals surface area contributed by atoms with Crippen LogP contribution in [0.3, 0.4) is 0 Å². The van der Waals surface area contributed by atoms with Gasteiger partial charge in [0, 0.05) is 29.3 Å². The Labute approximate surface area is 194 Å². The van der Waals surface area contributed by atoms with Crippen LogP contribution in [-0.4, -0.2) is 24.9 Å². The molecular formula is C24H21FN4O5. The van der Waals surface area contributed by atoms with Crippen molar-refractivity contribution in [3.05, 3.63) is 80.6 Å². The van der Waals surface area contributed by atoms with E-state index in [1.54, 1.807) is 18.2 Å². The molecule has 0 aromatic heterocycles. The van der Waals surface area contributed by atoms with E-state index >= 15 is 0 Å². The van der Waals surface area contributed by atoms with E-state index in [1.807, 2.05) is 0 Å². The van der Waals surface area contributed by atoms with E-state index < -0.39 is 22.3 Å². The second kappa shape index (κ2) is 8.86. The maximum absolute atomic E-state index is 14.0. The van der Waals surface area contributed by atoms with E-state index in [9.17, 15) is 24.6 Å². The van der Waals surface area contributed by atoms with Crippen LogP contribution in [0.25, 0.3) is 0 Å². The molecule has 2 aliphatic rings. The summed E-state index contributed by atoms with van der Waals surface area (Å²) in [6, 6.07) is 10.5. The lowest BCUT2D eigenvalue weighted by Crippen LogP contribution is -2.38. The first kappa shape index (κ1) is 22.8. The van der Waals surface area contributed by atoms with E-state index in [2.05, 4.69) is 6.07 Å². The van der Waals surface area contributed by atoms with Crippen molar-refractivity contribution in [1.29, 1.82) is 5.26 Å². The Morgan fingerprint density at radius 3 is 2.62 bits per heavy atom. The highest BCUT2D eigenvalue weighted by molar-refractivity contribution is 6.01. The molecule has 0 unspecified atom stereocenters. The van der Waals surface area contributed by atoms with Crippen molar-refractivity contribution in [2.24, 2.45) is 5.73 Å². The molecule has 1 aliphatic heterocycles. The van der Waals surface area contributed by atoms with Crippen molar-refractivity contribution in [3.8, 4) is 17.6 Å². The number of nitrogens with zero attached hydrogens (tertiary/aromatic N) is 3. The van der Waals surface area contributed by atoms with Crippen molar-refractivity contribution >= 4 is 17.2 Å². The van der Waals surface area contributed by atoms with Gasteiger partial charge in [0.2, 0.25) is 5.82 Å². The molecule has 1 aliphatic carbocycles. The Bertz CT molecular complexity index is 1310. The third-order valence-corrected chi connectivity index (χ3v) is 6.05. The van der Waals surface area contributed by atoms with Gasteiger partial charge in [0.25, 0.3) is 0 Å². The second-order valence-electron chi connectivity index (χ2n) is 7.82. The summed E-state index contributed by atoms with van der Waals surface area (Å²) in [6.45, 7) is 0. The average molecular weight is 464 g/mol. The highest BCUT2D eigenvalue weighted by Gasteiger charge is 2.41. The summed E-state index contributed by atoms with van der Waals surface area (Å²) in [7, 11) is 2.98. The fourth-order valence-electron chi connectivity index (χ4n) is 4.54. The molecule has 10 heteroatoms. The summed E-state index contributed by atoms with van der Waals surface area (Å²) < 4.78 is 24.9. The molecule has 0 saturated heterocycles. The molecule has 1 atom stereocenters. The first-order chi connectivity index (χ1) is 16.3. The summed E-state index contributed by atoms with van der Waals surface area (Å²) in [5, 5.41) is 21.4. The lowest BCUT2D eigenvalue weighted by molar-refractivity contribution is -0.387. The van der Waals surface area contributed by atoms with Crippen molar-refractivity contribution in [3.63, 3.8) is 0 Å². The fourth-order valence-corrected chi connectivity index (χ4v) is 4.54. The predicted octanol–water partition coefficient (Wildman–Crippen LogP) is 4.06. The number of hydrogen-bond donors (Lipinski definition) is 1. The molecule has 0 radical (unpaired) electrons. The van der Waals surface area contributed by atoms with Crippen LogP contribution < -0.4 is 20.1 Å². The van der Waals surface area contributed by atoms with Crippen LogP contribution in [0.5, 0.6) is 11.5 Å². The number of allylic oxidation sites excluding steroid dienone is 3. The number of carbonyl (C=O) groups excluding carboxylic acids is 1. The smallest absolute Gasteiger partial charge is 0.306 e. The van der Waals surface area contributed by atoms with Gasteiger partial charge in [-0.1, -0.05) is 0 Å². The summed E-state index contributed by atoms with van der Waals surface area (Å²) in [5.41, 5.74) is 7.42. The average Bonchev–Trinajstić information content (AvgIpc) is 2.83. The Balaban J connectivity index is 2.00. The number of anilines is 1. The number of rotatable bonds is 5. The van der Waals surface area contributed by atoms with Crippen LogP contribution in [0.4, 0.5) is 15.8 Å². The molecular weight excluding hydrogens is 443 g/mol. The number of nitriles is 1. The van der Waals surface area contributed by atoms with Crippen molar-refractivity contribution in [1.82, 2.24) is 0 Å². The highest BCUT2D eigenvalue weighted by atomic mass is 19.1. The quantitative estimate of drug-likeness (QED) is 0.518. The van der Waals surface area contributed by atoms with Gasteiger partial charge in [0.05, 0.1) is 42.4 Å². The Morgan fingerprint density at radius 1 is 1.21 bits per heavy atom. The normalized spacial score (nSPS) is 17.9. The number of halogens is 1. The zero-order chi connectivity index (χ0) is 24.6. The SMILES string of the molecule is COc1ccc(OC)c([C@@H]2C(C#N)=C(N)N(c3ccc(F)c([N+](=O)[O-])c3)C3=C2C(=O)CCC3)c1. The number of nitro groups is 1. The molecule has 0 amide bonds. The number of nitro benzene ring substituents is 1. The molecule has 174 valence electrons. The number of ether oxygens (including phenoxy) is 2. The summed E-state index contributed by atoms with van der Waals surface area (Å²) in [6.07, 6.45) is 1.25. The standard InChI is InChI=1S/C24H21FN4O5/c1-33-14-7-9-21(34-2)15(11-14)22-16(12-26)24(27)28(18-4-3-5-20(30)23(18)22)13-6-8-17(25)19(10-13)29(31)32/h6-11,22H,3-5,27H2,1-2H3/t22-/m1/s1. The van der Waals surface area contributed by atoms with Crippen molar-refractivity contribution in [2.45, 2.75) is 25.2 Å². The summed E-state index contributed by atoms with van der Waals surface area (Å²) in [4.78, 5) is 25.2. The molecule has 34 heavy (non-hydrogen) atoms. The zero-order valence-corrected chi connectivity index (χ0v) is 18.5. The molecule has 0 bridgehead atoms. The minimum Gasteiger partial charge on any atom is -0.497 e. The third kappa shape index (κ3) is 3.61. The van der Waals surface area contributed by atoms with Crippen LogP contribution >= 0.6 is 0 Å². The fraction of sp³-hybridized carbons (Fsp3) is 0.250. The number of hydrogen-bond acceptors (Lipinski definition) is 8. The van der Waals surface area contributed by atoms with Gasteiger partial charge in [-0.15, -0.1) is 0 Å². The van der Waals surface area contributed by atoms with Crippen LogP contribution in [-0.2, 0) is 4.79 Å². The van der Waals surface area contributed by atoms with Crippen molar-refractivity contribution in [2.75, 3.05) is 19.1 Å². The molecule has 1 heterocycles. The largest absolute Gasteiger partial charge is 0.497 e. The van der Waals surface area contributed by atoms with Gasteiger partial charge >= 0.3 is 5.69 Å². The van der Waals surface area contributed by atoms with Gasteiger partial charge in [0.1, 0.15) is 17.3 Å². The Morgan fingerprint density at radius 2 is 1.97 bits per heavy atom. The van der Waals surface area contributed by atoms with Crippen molar-refractivity contribution < 1.29 is 23.6 Å². The van der Waals surface area contributed by atoms with Gasteiger partial charge in [-0.25, -0.2) is 0 Å². The van der Waals surface area contributed by atoms with Gasteiger partial charge < -0.3 is 15.2 Å². The number of ketones is 1. The third-order valence-electron chi connectivity index (χ3n) is 6.05. The number of Topliss-reactive ketones (excluding diaryl/α,β-unsaturated/α-hetero) is 1. The van der Waals surface area contributed by atoms with E-state index in [0.29, 0.717) is 41.2 Å². The molecule has 0 spiro atoms. The first-order valence-corrected chi connectivity index (χ1v) is 10.4. The van der Waals surface area contributed by atoms with E-state index in [1.165, 1.54) is 25.2 Å². The minimum absolute atomic E-state index is 0.00623. The lowest BCUT2D eigenvalue weighted by atomic mass is 9.75. The summed E-state index contributed by atoms with van der Waals surface area (Å²) in [5.74, 6) is -1.02.